The Balaban J connectivity index is 2.91. The van der Waals surface area contributed by atoms with E-state index in [-0.39, 0.29) is 5.69 Å². The van der Waals surface area contributed by atoms with Crippen molar-refractivity contribution in [3.05, 3.63) is 35.4 Å². The lowest BCUT2D eigenvalue weighted by molar-refractivity contribution is 0.0693. The number of imidazole rings is 1. The largest absolute Gasteiger partial charge is 0.476 e. The van der Waals surface area contributed by atoms with Crippen LogP contribution in [0, 0.1) is 13.8 Å². The van der Waals surface area contributed by atoms with E-state index in [0.717, 1.165) is 5.69 Å². The number of fused-ring (bicyclic) bond motifs is 1. The summed E-state index contributed by atoms with van der Waals surface area (Å²) in [4.78, 5) is 14.9. The zero-order chi connectivity index (χ0) is 10.3. The van der Waals surface area contributed by atoms with E-state index in [0.29, 0.717) is 11.3 Å². The van der Waals surface area contributed by atoms with Crippen LogP contribution in [0.2, 0.25) is 0 Å². The van der Waals surface area contributed by atoms with Gasteiger partial charge in [0.2, 0.25) is 0 Å². The van der Waals surface area contributed by atoms with Crippen LogP contribution in [0.25, 0.3) is 5.52 Å². The molecule has 4 nitrogen and oxygen atoms in total. The number of aromatic carboxylic acids is 1. The summed E-state index contributed by atoms with van der Waals surface area (Å²) >= 11 is 0. The zero-order valence-corrected chi connectivity index (χ0v) is 7.98. The Hall–Kier alpha value is -1.84. The zero-order valence-electron chi connectivity index (χ0n) is 7.98. The highest BCUT2D eigenvalue weighted by molar-refractivity contribution is 5.93. The van der Waals surface area contributed by atoms with E-state index in [2.05, 4.69) is 4.98 Å². The van der Waals surface area contributed by atoms with Gasteiger partial charge in [0.25, 0.3) is 0 Å². The Kier molecular flexibility index (Phi) is 1.77. The molecule has 14 heavy (non-hydrogen) atoms. The summed E-state index contributed by atoms with van der Waals surface area (Å²) in [7, 11) is 0. The van der Waals surface area contributed by atoms with Crippen LogP contribution in [0.3, 0.4) is 0 Å². The molecular formula is C10H10N2O2. The first-order chi connectivity index (χ1) is 6.61. The summed E-state index contributed by atoms with van der Waals surface area (Å²) in [6.45, 7) is 3.72. The van der Waals surface area contributed by atoms with Crippen molar-refractivity contribution in [2.45, 2.75) is 13.8 Å². The quantitative estimate of drug-likeness (QED) is 0.743. The molecule has 2 aromatic heterocycles. The van der Waals surface area contributed by atoms with Crippen LogP contribution in [0.1, 0.15) is 22.0 Å². The molecular weight excluding hydrogens is 180 g/mol. The summed E-state index contributed by atoms with van der Waals surface area (Å²) in [5.74, 6) is -0.281. The van der Waals surface area contributed by atoms with E-state index in [4.69, 9.17) is 5.11 Å². The third kappa shape index (κ3) is 1.08. The second-order valence-corrected chi connectivity index (χ2v) is 3.20. The van der Waals surface area contributed by atoms with E-state index >= 15 is 0 Å². The predicted molar refractivity (Wildman–Crippen MR) is 51.6 cm³/mol. The van der Waals surface area contributed by atoms with Gasteiger partial charge in [-0.05, 0) is 26.0 Å². The average molecular weight is 190 g/mol. The number of rotatable bonds is 1. The fourth-order valence-corrected chi connectivity index (χ4v) is 1.66. The number of carbonyl (C=O) groups is 1. The Morgan fingerprint density at radius 1 is 1.43 bits per heavy atom. The molecule has 0 bridgehead atoms. The monoisotopic (exact) mass is 190 g/mol. The first kappa shape index (κ1) is 8.74. The lowest BCUT2D eigenvalue weighted by atomic mass is 10.3. The molecule has 4 heteroatoms. The fraction of sp³-hybridized carbons (Fsp3) is 0.200. The van der Waals surface area contributed by atoms with Crippen LogP contribution >= 0.6 is 0 Å². The second kappa shape index (κ2) is 2.83. The highest BCUT2D eigenvalue weighted by atomic mass is 16.4. The number of hydrogen-bond acceptors (Lipinski definition) is 2. The van der Waals surface area contributed by atoms with Crippen molar-refractivity contribution in [2.24, 2.45) is 0 Å². The van der Waals surface area contributed by atoms with Gasteiger partial charge in [-0.25, -0.2) is 9.78 Å². The molecule has 0 amide bonds. The maximum Gasteiger partial charge on any atom is 0.356 e. The maximum atomic E-state index is 10.9. The molecule has 0 spiro atoms. The van der Waals surface area contributed by atoms with Gasteiger partial charge in [-0.15, -0.1) is 0 Å². The molecule has 0 radical (unpaired) electrons. The molecule has 0 aliphatic rings. The van der Waals surface area contributed by atoms with Crippen molar-refractivity contribution >= 4 is 11.5 Å². The molecule has 0 aromatic carbocycles. The summed E-state index contributed by atoms with van der Waals surface area (Å²) < 4.78 is 1.84. The highest BCUT2D eigenvalue weighted by Crippen LogP contribution is 2.14. The Morgan fingerprint density at radius 3 is 2.79 bits per heavy atom. The van der Waals surface area contributed by atoms with Gasteiger partial charge in [0, 0.05) is 5.69 Å². The first-order valence-corrected chi connectivity index (χ1v) is 4.29. The number of carboxylic acid groups (broad SMARTS) is 1. The minimum absolute atomic E-state index is 0.117. The van der Waals surface area contributed by atoms with Crippen LogP contribution in [-0.2, 0) is 0 Å². The standard InChI is InChI=1S/C10H10N2O2/c1-6-4-3-5-8-9(10(13)14)11-7(2)12(6)8/h3-5H,1-2H3,(H,13,14). The van der Waals surface area contributed by atoms with Gasteiger partial charge in [0.05, 0.1) is 5.52 Å². The molecule has 72 valence electrons. The molecule has 0 saturated carbocycles. The Bertz CT molecular complexity index is 514. The lowest BCUT2D eigenvalue weighted by Crippen LogP contribution is -1.97. The average Bonchev–Trinajstić information content (AvgIpc) is 2.45. The van der Waals surface area contributed by atoms with Crippen molar-refractivity contribution < 1.29 is 9.90 Å². The molecule has 0 saturated heterocycles. The number of hydrogen-bond donors (Lipinski definition) is 1. The minimum Gasteiger partial charge on any atom is -0.476 e. The van der Waals surface area contributed by atoms with Crippen molar-refractivity contribution in [3.63, 3.8) is 0 Å². The first-order valence-electron chi connectivity index (χ1n) is 4.29. The van der Waals surface area contributed by atoms with Crippen LogP contribution < -0.4 is 0 Å². The van der Waals surface area contributed by atoms with Crippen molar-refractivity contribution in [2.75, 3.05) is 0 Å². The van der Waals surface area contributed by atoms with E-state index in [9.17, 15) is 4.79 Å². The van der Waals surface area contributed by atoms with Crippen molar-refractivity contribution in [1.82, 2.24) is 9.38 Å². The summed E-state index contributed by atoms with van der Waals surface area (Å²) in [6, 6.07) is 5.52. The van der Waals surface area contributed by atoms with Crippen molar-refractivity contribution in [3.8, 4) is 0 Å². The summed E-state index contributed by atoms with van der Waals surface area (Å²) in [6.07, 6.45) is 0. The van der Waals surface area contributed by atoms with Crippen LogP contribution in [0.15, 0.2) is 18.2 Å². The summed E-state index contributed by atoms with van der Waals surface area (Å²) in [5, 5.41) is 8.91. The Labute approximate surface area is 80.8 Å². The van der Waals surface area contributed by atoms with E-state index in [1.165, 1.54) is 0 Å². The molecule has 0 aliphatic carbocycles. The van der Waals surface area contributed by atoms with Gasteiger partial charge in [0.1, 0.15) is 5.82 Å². The maximum absolute atomic E-state index is 10.9. The highest BCUT2D eigenvalue weighted by Gasteiger charge is 2.14. The van der Waals surface area contributed by atoms with Gasteiger partial charge in [0.15, 0.2) is 5.69 Å². The molecule has 0 aliphatic heterocycles. The predicted octanol–water partition coefficient (Wildman–Crippen LogP) is 1.65. The molecule has 2 heterocycles. The molecule has 1 N–H and O–H groups in total. The Morgan fingerprint density at radius 2 is 2.14 bits per heavy atom. The van der Waals surface area contributed by atoms with E-state index in [1.807, 2.05) is 23.5 Å². The topological polar surface area (TPSA) is 54.6 Å². The molecule has 2 rings (SSSR count). The van der Waals surface area contributed by atoms with Crippen LogP contribution in [0.4, 0.5) is 0 Å². The number of aryl methyl sites for hydroxylation is 2. The van der Waals surface area contributed by atoms with Gasteiger partial charge in [-0.1, -0.05) is 6.07 Å². The van der Waals surface area contributed by atoms with Gasteiger partial charge < -0.3 is 9.51 Å². The smallest absolute Gasteiger partial charge is 0.356 e. The van der Waals surface area contributed by atoms with Gasteiger partial charge >= 0.3 is 5.97 Å². The number of carboxylic acids is 1. The molecule has 2 aromatic rings. The molecule has 0 unspecified atom stereocenters. The van der Waals surface area contributed by atoms with Crippen LogP contribution in [-0.4, -0.2) is 20.5 Å². The second-order valence-electron chi connectivity index (χ2n) is 3.20. The van der Waals surface area contributed by atoms with Gasteiger partial charge in [-0.3, -0.25) is 0 Å². The van der Waals surface area contributed by atoms with Gasteiger partial charge in [-0.2, -0.15) is 0 Å². The fourth-order valence-electron chi connectivity index (χ4n) is 1.66. The third-order valence-corrected chi connectivity index (χ3v) is 2.23. The molecule has 0 atom stereocenters. The molecule has 0 fully saturated rings. The SMILES string of the molecule is Cc1cccc2c(C(=O)O)nc(C)n12. The number of pyridine rings is 1. The summed E-state index contributed by atoms with van der Waals surface area (Å²) in [5.41, 5.74) is 1.75. The van der Waals surface area contributed by atoms with E-state index < -0.39 is 5.97 Å². The minimum atomic E-state index is -0.985. The van der Waals surface area contributed by atoms with Crippen molar-refractivity contribution in [1.29, 1.82) is 0 Å². The normalized spacial score (nSPS) is 10.7. The number of nitrogens with zero attached hydrogens (tertiary/aromatic N) is 2. The lowest BCUT2D eigenvalue weighted by Gasteiger charge is -2.00. The van der Waals surface area contributed by atoms with Crippen LogP contribution in [0.5, 0.6) is 0 Å². The number of aromatic nitrogens is 2. The van der Waals surface area contributed by atoms with E-state index in [1.54, 1.807) is 13.0 Å². The third-order valence-electron chi connectivity index (χ3n) is 2.23.